The highest BCUT2D eigenvalue weighted by Gasteiger charge is 2.44. The summed E-state index contributed by atoms with van der Waals surface area (Å²) in [6, 6.07) is 25.3. The average molecular weight is 494 g/mol. The Hall–Kier alpha value is -4.65. The van der Waals surface area contributed by atoms with Crippen LogP contribution in [0.4, 0.5) is 5.69 Å². The van der Waals surface area contributed by atoms with E-state index in [1.165, 1.54) is 0 Å². The summed E-state index contributed by atoms with van der Waals surface area (Å²) in [7, 11) is 3.20. The van der Waals surface area contributed by atoms with Gasteiger partial charge < -0.3 is 14.8 Å². The number of hydrogen-bond donors (Lipinski definition) is 1. The quantitative estimate of drug-likeness (QED) is 0.396. The van der Waals surface area contributed by atoms with Gasteiger partial charge in [-0.15, -0.1) is 0 Å². The van der Waals surface area contributed by atoms with E-state index < -0.39 is 12.0 Å². The van der Waals surface area contributed by atoms with Crippen molar-refractivity contribution in [2.75, 3.05) is 19.1 Å². The first-order valence-corrected chi connectivity index (χ1v) is 12.0. The van der Waals surface area contributed by atoms with Crippen LogP contribution in [-0.4, -0.2) is 31.0 Å². The van der Waals surface area contributed by atoms with Crippen molar-refractivity contribution in [3.05, 3.63) is 120 Å². The second-order valence-corrected chi connectivity index (χ2v) is 8.73. The van der Waals surface area contributed by atoms with Crippen LogP contribution in [-0.2, 0) is 11.3 Å². The topological polar surface area (TPSA) is 80.8 Å². The van der Waals surface area contributed by atoms with E-state index in [0.717, 1.165) is 11.1 Å². The zero-order valence-electron chi connectivity index (χ0n) is 20.6. The molecule has 37 heavy (non-hydrogen) atoms. The van der Waals surface area contributed by atoms with Crippen molar-refractivity contribution in [2.45, 2.75) is 18.5 Å². The molecule has 0 bridgehead atoms. The number of pyridine rings is 1. The lowest BCUT2D eigenvalue weighted by molar-refractivity contribution is -0.123. The van der Waals surface area contributed by atoms with E-state index in [1.54, 1.807) is 37.6 Å². The lowest BCUT2D eigenvalue weighted by Gasteiger charge is -2.42. The number of fused-ring (bicyclic) bond motifs is 1. The molecule has 1 N–H and O–H groups in total. The van der Waals surface area contributed by atoms with Crippen molar-refractivity contribution < 1.29 is 19.1 Å². The molecule has 1 aromatic heterocycles. The summed E-state index contributed by atoms with van der Waals surface area (Å²) in [6.45, 7) is 0.353. The van der Waals surface area contributed by atoms with Crippen LogP contribution >= 0.6 is 0 Å². The Balaban J connectivity index is 1.63. The minimum atomic E-state index is -0.647. The molecule has 1 aliphatic rings. The Bertz CT molecular complexity index is 1390. The number of amides is 2. The number of carbonyl (C=O) groups is 2. The van der Waals surface area contributed by atoms with E-state index in [4.69, 9.17) is 9.47 Å². The number of nitrogens with zero attached hydrogens (tertiary/aromatic N) is 2. The number of benzene rings is 3. The zero-order valence-corrected chi connectivity index (χ0v) is 20.6. The molecule has 0 radical (unpaired) electrons. The van der Waals surface area contributed by atoms with Gasteiger partial charge in [0.2, 0.25) is 5.91 Å². The van der Waals surface area contributed by atoms with Crippen LogP contribution in [0.2, 0.25) is 0 Å². The van der Waals surface area contributed by atoms with Crippen molar-refractivity contribution >= 4 is 17.5 Å². The van der Waals surface area contributed by atoms with Crippen LogP contribution < -0.4 is 19.7 Å². The molecule has 4 aromatic rings. The molecule has 0 spiro atoms. The second kappa shape index (κ2) is 10.5. The fourth-order valence-electron chi connectivity index (χ4n) is 4.79. The van der Waals surface area contributed by atoms with E-state index in [2.05, 4.69) is 10.3 Å². The van der Waals surface area contributed by atoms with Crippen molar-refractivity contribution in [1.82, 2.24) is 10.3 Å². The minimum absolute atomic E-state index is 0.167. The number of carbonyl (C=O) groups excluding carboxylic acids is 2. The highest BCUT2D eigenvalue weighted by atomic mass is 16.5. The number of nitrogens with one attached hydrogen (secondary N) is 1. The molecule has 5 rings (SSSR count). The molecule has 2 heterocycles. The van der Waals surface area contributed by atoms with Gasteiger partial charge in [-0.05, 0) is 71.3 Å². The lowest BCUT2D eigenvalue weighted by atomic mass is 9.78. The Morgan fingerprint density at radius 1 is 0.865 bits per heavy atom. The summed E-state index contributed by atoms with van der Waals surface area (Å²) in [5.41, 5.74) is 3.64. The van der Waals surface area contributed by atoms with Gasteiger partial charge in [-0.2, -0.15) is 0 Å². The molecule has 1 aliphatic heterocycles. The molecule has 2 atom stereocenters. The normalized spacial score (nSPS) is 16.6. The molecular formula is C30H27N3O4. The van der Waals surface area contributed by atoms with Crippen LogP contribution in [0.5, 0.6) is 11.5 Å². The second-order valence-electron chi connectivity index (χ2n) is 8.73. The van der Waals surface area contributed by atoms with Gasteiger partial charge in [0, 0.05) is 30.2 Å². The van der Waals surface area contributed by atoms with Gasteiger partial charge in [0.05, 0.1) is 26.2 Å². The maximum absolute atomic E-state index is 14.0. The summed E-state index contributed by atoms with van der Waals surface area (Å²) < 4.78 is 10.7. The minimum Gasteiger partial charge on any atom is -0.497 e. The summed E-state index contributed by atoms with van der Waals surface area (Å²) in [5, 5.41) is 3.09. The van der Waals surface area contributed by atoms with Crippen LogP contribution in [0.15, 0.2) is 97.3 Å². The van der Waals surface area contributed by atoms with Crippen molar-refractivity contribution in [2.24, 2.45) is 0 Å². The Kier molecular flexibility index (Phi) is 6.85. The molecule has 7 nitrogen and oxygen atoms in total. The van der Waals surface area contributed by atoms with Gasteiger partial charge in [-0.3, -0.25) is 19.5 Å². The first-order chi connectivity index (χ1) is 18.1. The third kappa shape index (κ3) is 4.76. The largest absolute Gasteiger partial charge is 0.497 e. The van der Waals surface area contributed by atoms with Crippen molar-refractivity contribution in [1.29, 1.82) is 0 Å². The maximum atomic E-state index is 14.0. The fourth-order valence-corrected chi connectivity index (χ4v) is 4.79. The molecule has 0 saturated heterocycles. The lowest BCUT2D eigenvalue weighted by Crippen LogP contribution is -2.47. The molecule has 186 valence electrons. The number of hydrogen-bond acceptors (Lipinski definition) is 5. The molecule has 3 aromatic carbocycles. The van der Waals surface area contributed by atoms with Gasteiger partial charge >= 0.3 is 0 Å². The Morgan fingerprint density at radius 3 is 2.14 bits per heavy atom. The molecule has 0 aliphatic carbocycles. The number of rotatable bonds is 7. The number of ether oxygens (including phenoxy) is 2. The number of aromatic nitrogens is 1. The Morgan fingerprint density at radius 2 is 1.49 bits per heavy atom. The van der Waals surface area contributed by atoms with Gasteiger partial charge in [-0.1, -0.05) is 30.3 Å². The monoisotopic (exact) mass is 493 g/mol. The van der Waals surface area contributed by atoms with E-state index in [9.17, 15) is 9.59 Å². The highest BCUT2D eigenvalue weighted by Crippen LogP contribution is 2.45. The third-order valence-electron chi connectivity index (χ3n) is 6.65. The molecule has 0 unspecified atom stereocenters. The predicted octanol–water partition coefficient (Wildman–Crippen LogP) is 4.90. The van der Waals surface area contributed by atoms with E-state index in [1.807, 2.05) is 78.9 Å². The van der Waals surface area contributed by atoms with Crippen LogP contribution in [0.1, 0.15) is 39.0 Å². The third-order valence-corrected chi connectivity index (χ3v) is 6.65. The standard InChI is InChI=1S/C30H27N3O4/c1-36-23-11-7-21(8-12-23)28-27(29(34)32-19-20-15-17-31-18-16-20)25-5-3-4-6-26(25)30(35)33(28)22-9-13-24(37-2)14-10-22/h3-18,27-28H,19H2,1-2H3,(H,32,34)/t27-,28-/m1/s1. The summed E-state index contributed by atoms with van der Waals surface area (Å²) >= 11 is 0. The van der Waals surface area contributed by atoms with Crippen LogP contribution in [0.25, 0.3) is 0 Å². The SMILES string of the molecule is COc1ccc([C@@H]2[C@H](C(=O)NCc3ccncc3)c3ccccc3C(=O)N2c2ccc(OC)cc2)cc1. The van der Waals surface area contributed by atoms with Crippen molar-refractivity contribution in [3.63, 3.8) is 0 Å². The summed E-state index contributed by atoms with van der Waals surface area (Å²) in [6.07, 6.45) is 3.39. The maximum Gasteiger partial charge on any atom is 0.259 e. The smallest absolute Gasteiger partial charge is 0.259 e. The summed E-state index contributed by atoms with van der Waals surface area (Å²) in [5.74, 6) is 0.393. The van der Waals surface area contributed by atoms with Gasteiger partial charge in [0.25, 0.3) is 5.91 Å². The molecular weight excluding hydrogens is 466 g/mol. The van der Waals surface area contributed by atoms with Gasteiger partial charge in [-0.25, -0.2) is 0 Å². The molecule has 7 heteroatoms. The average Bonchev–Trinajstić information content (AvgIpc) is 2.96. The number of anilines is 1. The van der Waals surface area contributed by atoms with Gasteiger partial charge in [0.15, 0.2) is 0 Å². The van der Waals surface area contributed by atoms with E-state index in [-0.39, 0.29) is 11.8 Å². The fraction of sp³-hybridized carbons (Fsp3) is 0.167. The van der Waals surface area contributed by atoms with E-state index >= 15 is 0 Å². The molecule has 0 saturated carbocycles. The number of methoxy groups -OCH3 is 2. The van der Waals surface area contributed by atoms with Crippen molar-refractivity contribution in [3.8, 4) is 11.5 Å². The Labute approximate surface area is 215 Å². The first kappa shape index (κ1) is 24.1. The van der Waals surface area contributed by atoms with Crippen LogP contribution in [0, 0.1) is 0 Å². The predicted molar refractivity (Wildman–Crippen MR) is 141 cm³/mol. The van der Waals surface area contributed by atoms with Crippen LogP contribution in [0.3, 0.4) is 0 Å². The molecule has 2 amide bonds. The zero-order chi connectivity index (χ0) is 25.8. The summed E-state index contributed by atoms with van der Waals surface area (Å²) in [4.78, 5) is 33.6. The molecule has 0 fully saturated rings. The highest BCUT2D eigenvalue weighted by molar-refractivity contribution is 6.11. The first-order valence-electron chi connectivity index (χ1n) is 12.0. The van der Waals surface area contributed by atoms with E-state index in [0.29, 0.717) is 34.9 Å². The van der Waals surface area contributed by atoms with Gasteiger partial charge in [0.1, 0.15) is 11.5 Å².